The lowest BCUT2D eigenvalue weighted by Gasteiger charge is -2.09. The summed E-state index contributed by atoms with van der Waals surface area (Å²) in [5.41, 5.74) is 0.641. The van der Waals surface area contributed by atoms with Crippen molar-refractivity contribution in [3.8, 4) is 5.75 Å². The van der Waals surface area contributed by atoms with Gasteiger partial charge in [-0.25, -0.2) is 0 Å². The minimum absolute atomic E-state index is 0.186. The third-order valence-electron chi connectivity index (χ3n) is 1.62. The Morgan fingerprint density at radius 3 is 2.25 bits per heavy atom. The van der Waals surface area contributed by atoms with Gasteiger partial charge in [0.05, 0.1) is 0 Å². The molecular formula is C8H11BO3. The average molecular weight is 166 g/mol. The highest BCUT2D eigenvalue weighted by Crippen LogP contribution is 2.05. The van der Waals surface area contributed by atoms with Gasteiger partial charge in [0, 0.05) is 19.7 Å². The topological polar surface area (TPSA) is 38.7 Å². The van der Waals surface area contributed by atoms with E-state index in [-0.39, 0.29) is 5.75 Å². The van der Waals surface area contributed by atoms with Crippen molar-refractivity contribution in [3.63, 3.8) is 0 Å². The second-order valence-electron chi connectivity index (χ2n) is 2.36. The smallest absolute Gasteiger partial charge is 0.497 e. The SMILES string of the molecule is COB(OC)c1ccccc1O. The molecule has 1 aromatic rings. The van der Waals surface area contributed by atoms with E-state index in [1.807, 2.05) is 6.07 Å². The molecule has 0 aliphatic carbocycles. The van der Waals surface area contributed by atoms with Crippen LogP contribution in [0.15, 0.2) is 24.3 Å². The minimum atomic E-state index is -0.494. The average Bonchev–Trinajstić information content (AvgIpc) is 2.10. The Morgan fingerprint density at radius 2 is 1.75 bits per heavy atom. The van der Waals surface area contributed by atoms with Crippen molar-refractivity contribution in [2.45, 2.75) is 0 Å². The van der Waals surface area contributed by atoms with E-state index < -0.39 is 7.12 Å². The molecule has 0 bridgehead atoms. The number of aromatic hydroxyl groups is 1. The molecular weight excluding hydrogens is 155 g/mol. The summed E-state index contributed by atoms with van der Waals surface area (Å²) in [7, 11) is 2.56. The largest absolute Gasteiger partial charge is 0.508 e. The lowest BCUT2D eigenvalue weighted by molar-refractivity contribution is 0.290. The first-order valence-electron chi connectivity index (χ1n) is 3.63. The molecule has 0 saturated carbocycles. The number of phenolic OH excluding ortho intramolecular Hbond substituents is 1. The molecule has 0 saturated heterocycles. The van der Waals surface area contributed by atoms with Gasteiger partial charge in [-0.2, -0.15) is 0 Å². The van der Waals surface area contributed by atoms with Crippen LogP contribution in [0.3, 0.4) is 0 Å². The quantitative estimate of drug-likeness (QED) is 0.659. The van der Waals surface area contributed by atoms with Crippen LogP contribution in [-0.4, -0.2) is 26.4 Å². The molecule has 0 unspecified atom stereocenters. The number of phenols is 1. The van der Waals surface area contributed by atoms with Crippen LogP contribution in [0, 0.1) is 0 Å². The van der Waals surface area contributed by atoms with Crippen LogP contribution in [0.5, 0.6) is 5.75 Å². The molecule has 0 radical (unpaired) electrons. The van der Waals surface area contributed by atoms with E-state index in [0.717, 1.165) is 0 Å². The normalized spacial score (nSPS) is 9.83. The molecule has 4 heteroatoms. The summed E-state index contributed by atoms with van der Waals surface area (Å²) in [5.74, 6) is 0.186. The first kappa shape index (κ1) is 9.10. The zero-order valence-corrected chi connectivity index (χ0v) is 7.15. The molecule has 0 aliphatic heterocycles. The molecule has 0 heterocycles. The molecule has 3 nitrogen and oxygen atoms in total. The van der Waals surface area contributed by atoms with Gasteiger partial charge in [0.2, 0.25) is 0 Å². The lowest BCUT2D eigenvalue weighted by atomic mass is 9.78. The van der Waals surface area contributed by atoms with Gasteiger partial charge >= 0.3 is 7.12 Å². The minimum Gasteiger partial charge on any atom is -0.508 e. The van der Waals surface area contributed by atoms with E-state index >= 15 is 0 Å². The maximum atomic E-state index is 9.38. The Labute approximate surface area is 72.1 Å². The highest BCUT2D eigenvalue weighted by Gasteiger charge is 2.20. The number of hydrogen-bond donors (Lipinski definition) is 1. The van der Waals surface area contributed by atoms with Gasteiger partial charge in [-0.1, -0.05) is 18.2 Å². The van der Waals surface area contributed by atoms with Crippen LogP contribution in [-0.2, 0) is 9.31 Å². The highest BCUT2D eigenvalue weighted by atomic mass is 16.6. The molecule has 64 valence electrons. The Morgan fingerprint density at radius 1 is 1.17 bits per heavy atom. The fourth-order valence-corrected chi connectivity index (χ4v) is 1.04. The third-order valence-corrected chi connectivity index (χ3v) is 1.62. The van der Waals surface area contributed by atoms with E-state index in [1.54, 1.807) is 18.2 Å². The molecule has 0 atom stereocenters. The van der Waals surface area contributed by atoms with Gasteiger partial charge in [0.15, 0.2) is 0 Å². The number of benzene rings is 1. The van der Waals surface area contributed by atoms with Crippen molar-refractivity contribution in [3.05, 3.63) is 24.3 Å². The summed E-state index contributed by atoms with van der Waals surface area (Å²) in [5, 5.41) is 9.38. The lowest BCUT2D eigenvalue weighted by Crippen LogP contribution is -2.34. The van der Waals surface area contributed by atoms with Crippen molar-refractivity contribution >= 4 is 12.6 Å². The standard InChI is InChI=1S/C8H11BO3/c1-11-9(12-2)7-5-3-4-6-8(7)10/h3-6,10H,1-2H3. The van der Waals surface area contributed by atoms with E-state index in [4.69, 9.17) is 9.31 Å². The maximum Gasteiger partial charge on any atom is 0.497 e. The van der Waals surface area contributed by atoms with Crippen molar-refractivity contribution in [2.24, 2.45) is 0 Å². The Kier molecular flexibility index (Phi) is 3.14. The second kappa shape index (κ2) is 4.14. The first-order chi connectivity index (χ1) is 5.79. The first-order valence-corrected chi connectivity index (χ1v) is 3.63. The molecule has 0 aromatic heterocycles. The zero-order valence-electron chi connectivity index (χ0n) is 7.15. The van der Waals surface area contributed by atoms with Crippen LogP contribution in [0.4, 0.5) is 0 Å². The summed E-state index contributed by atoms with van der Waals surface area (Å²) in [6.07, 6.45) is 0. The third kappa shape index (κ3) is 1.78. The summed E-state index contributed by atoms with van der Waals surface area (Å²) in [6.45, 7) is 0. The maximum absolute atomic E-state index is 9.38. The van der Waals surface area contributed by atoms with Crippen molar-refractivity contribution < 1.29 is 14.4 Å². The van der Waals surface area contributed by atoms with Gasteiger partial charge < -0.3 is 14.4 Å². The van der Waals surface area contributed by atoms with E-state index in [2.05, 4.69) is 0 Å². The van der Waals surface area contributed by atoms with Crippen molar-refractivity contribution in [1.29, 1.82) is 0 Å². The predicted molar refractivity (Wildman–Crippen MR) is 47.5 cm³/mol. The van der Waals surface area contributed by atoms with Crippen LogP contribution < -0.4 is 5.46 Å². The summed E-state index contributed by atoms with van der Waals surface area (Å²) in [6, 6.07) is 6.93. The van der Waals surface area contributed by atoms with Gasteiger partial charge in [0.25, 0.3) is 0 Å². The number of para-hydroxylation sites is 1. The zero-order chi connectivity index (χ0) is 8.97. The molecule has 1 rings (SSSR count). The fraction of sp³-hybridized carbons (Fsp3) is 0.250. The molecule has 1 N–H and O–H groups in total. The molecule has 0 fully saturated rings. The van der Waals surface area contributed by atoms with Gasteiger partial charge in [-0.15, -0.1) is 0 Å². The van der Waals surface area contributed by atoms with E-state index in [9.17, 15) is 5.11 Å². The number of hydrogen-bond acceptors (Lipinski definition) is 3. The van der Waals surface area contributed by atoms with E-state index in [0.29, 0.717) is 5.46 Å². The Bertz CT molecular complexity index is 248. The Balaban J connectivity index is 2.92. The summed E-state index contributed by atoms with van der Waals surface area (Å²) >= 11 is 0. The van der Waals surface area contributed by atoms with Crippen molar-refractivity contribution in [1.82, 2.24) is 0 Å². The van der Waals surface area contributed by atoms with Crippen LogP contribution >= 0.6 is 0 Å². The monoisotopic (exact) mass is 166 g/mol. The van der Waals surface area contributed by atoms with Crippen LogP contribution in [0.1, 0.15) is 0 Å². The second-order valence-corrected chi connectivity index (χ2v) is 2.36. The number of rotatable bonds is 3. The summed E-state index contributed by atoms with van der Waals surface area (Å²) < 4.78 is 9.97. The molecule has 0 spiro atoms. The van der Waals surface area contributed by atoms with Crippen molar-refractivity contribution in [2.75, 3.05) is 14.2 Å². The highest BCUT2D eigenvalue weighted by molar-refractivity contribution is 6.62. The van der Waals surface area contributed by atoms with Gasteiger partial charge in [-0.05, 0) is 6.07 Å². The van der Waals surface area contributed by atoms with Gasteiger partial charge in [-0.3, -0.25) is 0 Å². The van der Waals surface area contributed by atoms with Crippen LogP contribution in [0.2, 0.25) is 0 Å². The predicted octanol–water partition coefficient (Wildman–Crippen LogP) is 0.380. The molecule has 0 aliphatic rings. The molecule has 1 aromatic carbocycles. The molecule has 12 heavy (non-hydrogen) atoms. The van der Waals surface area contributed by atoms with Gasteiger partial charge in [0.1, 0.15) is 5.75 Å². The summed E-state index contributed by atoms with van der Waals surface area (Å²) in [4.78, 5) is 0. The molecule has 0 amide bonds. The van der Waals surface area contributed by atoms with Crippen LogP contribution in [0.25, 0.3) is 0 Å². The fourth-order valence-electron chi connectivity index (χ4n) is 1.04. The Hall–Kier alpha value is -0.995. The van der Waals surface area contributed by atoms with E-state index in [1.165, 1.54) is 14.2 Å².